The van der Waals surface area contributed by atoms with Crippen LogP contribution in [0.25, 0.3) is 5.57 Å². The van der Waals surface area contributed by atoms with Crippen molar-refractivity contribution in [3.05, 3.63) is 82.9 Å². The first-order chi connectivity index (χ1) is 17.5. The Morgan fingerprint density at radius 2 is 1.53 bits per heavy atom. The number of benzene rings is 3. The first-order valence-corrected chi connectivity index (χ1v) is 11.1. The van der Waals surface area contributed by atoms with E-state index in [4.69, 9.17) is 28.4 Å². The number of hydrogen-bond acceptors (Lipinski definition) is 8. The number of carbonyl (C=O) groups excluding carboxylic acids is 2. The zero-order valence-corrected chi connectivity index (χ0v) is 20.5. The predicted octanol–water partition coefficient (Wildman–Crippen LogP) is 4.49. The number of ether oxygens (including phenoxy) is 6. The second-order valence-corrected chi connectivity index (χ2v) is 7.80. The molecule has 0 spiro atoms. The average Bonchev–Trinajstić information content (AvgIpc) is 3.40. The molecule has 0 bridgehead atoms. The van der Waals surface area contributed by atoms with Crippen LogP contribution in [0.1, 0.15) is 21.5 Å². The quantitative estimate of drug-likeness (QED) is 0.246. The molecule has 1 aliphatic heterocycles. The van der Waals surface area contributed by atoms with Crippen LogP contribution < -0.4 is 23.7 Å². The van der Waals surface area contributed by atoms with Crippen molar-refractivity contribution in [2.24, 2.45) is 0 Å². The van der Waals surface area contributed by atoms with Crippen LogP contribution in [0.2, 0.25) is 0 Å². The molecule has 36 heavy (non-hydrogen) atoms. The van der Waals surface area contributed by atoms with E-state index in [-0.39, 0.29) is 30.1 Å². The van der Waals surface area contributed by atoms with Gasteiger partial charge in [-0.1, -0.05) is 18.2 Å². The summed E-state index contributed by atoms with van der Waals surface area (Å²) in [6.07, 6.45) is 0.0735. The van der Waals surface area contributed by atoms with Gasteiger partial charge in [-0.15, -0.1) is 0 Å². The molecule has 0 radical (unpaired) electrons. The number of esters is 1. The third-order valence-electron chi connectivity index (χ3n) is 5.83. The fourth-order valence-corrected chi connectivity index (χ4v) is 4.05. The van der Waals surface area contributed by atoms with Gasteiger partial charge in [0.15, 0.2) is 28.8 Å². The molecule has 0 unspecified atom stereocenters. The minimum Gasteiger partial charge on any atom is -0.497 e. The molecule has 0 atom stereocenters. The van der Waals surface area contributed by atoms with Gasteiger partial charge in [-0.2, -0.15) is 0 Å². The Balaban J connectivity index is 1.93. The van der Waals surface area contributed by atoms with E-state index in [1.807, 2.05) is 6.07 Å². The maximum absolute atomic E-state index is 13.9. The molecule has 0 saturated heterocycles. The molecule has 3 aromatic carbocycles. The average molecular weight is 491 g/mol. The van der Waals surface area contributed by atoms with Crippen molar-refractivity contribution in [2.45, 2.75) is 6.42 Å². The Kier molecular flexibility index (Phi) is 7.44. The molecule has 8 nitrogen and oxygen atoms in total. The van der Waals surface area contributed by atoms with E-state index in [1.54, 1.807) is 61.7 Å². The molecule has 0 N–H and O–H groups in total. The molecule has 8 heteroatoms. The summed E-state index contributed by atoms with van der Waals surface area (Å²) in [5.74, 6) is 1.61. The van der Waals surface area contributed by atoms with Crippen molar-refractivity contribution in [3.8, 4) is 28.7 Å². The molecule has 0 aliphatic carbocycles. The van der Waals surface area contributed by atoms with Crippen LogP contribution in [0.5, 0.6) is 28.7 Å². The number of allylic oxidation sites excluding steroid dienone is 1. The van der Waals surface area contributed by atoms with Gasteiger partial charge in [0.2, 0.25) is 6.79 Å². The van der Waals surface area contributed by atoms with E-state index in [1.165, 1.54) is 21.3 Å². The Hall–Kier alpha value is -4.46. The first-order valence-electron chi connectivity index (χ1n) is 11.1. The van der Waals surface area contributed by atoms with E-state index in [2.05, 4.69) is 0 Å². The third kappa shape index (κ3) is 4.84. The van der Waals surface area contributed by atoms with Crippen LogP contribution in [0.3, 0.4) is 0 Å². The number of ketones is 1. The molecule has 186 valence electrons. The zero-order chi connectivity index (χ0) is 25.7. The van der Waals surface area contributed by atoms with Crippen molar-refractivity contribution in [1.82, 2.24) is 0 Å². The van der Waals surface area contributed by atoms with Crippen molar-refractivity contribution in [2.75, 3.05) is 35.2 Å². The maximum atomic E-state index is 13.9. The van der Waals surface area contributed by atoms with Crippen LogP contribution in [0.4, 0.5) is 0 Å². The summed E-state index contributed by atoms with van der Waals surface area (Å²) in [7, 11) is 5.88. The van der Waals surface area contributed by atoms with Gasteiger partial charge in [-0.05, 0) is 48.0 Å². The molecule has 1 heterocycles. The topological polar surface area (TPSA) is 89.5 Å². The normalized spacial score (nSPS) is 12.4. The molecular weight excluding hydrogens is 464 g/mol. The van der Waals surface area contributed by atoms with Gasteiger partial charge in [0.1, 0.15) is 5.75 Å². The lowest BCUT2D eigenvalue weighted by atomic mass is 9.89. The fourth-order valence-electron chi connectivity index (χ4n) is 4.05. The lowest BCUT2D eigenvalue weighted by molar-refractivity contribution is -0.133. The van der Waals surface area contributed by atoms with E-state index >= 15 is 0 Å². The Labute approximate surface area is 209 Å². The van der Waals surface area contributed by atoms with Crippen LogP contribution in [0, 0.1) is 0 Å². The SMILES string of the molecule is COC(=O)/C(=C(/Cc1cccc(OC)c1OC)C(=O)c1ccc(OC)cc1)c1ccc2c(c1)OCO2. The highest BCUT2D eigenvalue weighted by Crippen LogP contribution is 2.38. The van der Waals surface area contributed by atoms with Gasteiger partial charge in [0, 0.05) is 23.1 Å². The van der Waals surface area contributed by atoms with E-state index < -0.39 is 5.97 Å². The second-order valence-electron chi connectivity index (χ2n) is 7.80. The van der Waals surface area contributed by atoms with Gasteiger partial charge in [-0.3, -0.25) is 4.79 Å². The van der Waals surface area contributed by atoms with Gasteiger partial charge in [0.05, 0.1) is 34.0 Å². The number of methoxy groups -OCH3 is 4. The molecule has 0 fully saturated rings. The lowest BCUT2D eigenvalue weighted by Crippen LogP contribution is -2.16. The summed E-state index contributed by atoms with van der Waals surface area (Å²) < 4.78 is 32.3. The number of hydrogen-bond donors (Lipinski definition) is 0. The predicted molar refractivity (Wildman–Crippen MR) is 132 cm³/mol. The van der Waals surface area contributed by atoms with Crippen molar-refractivity contribution >= 4 is 17.3 Å². The molecular formula is C28H26O8. The smallest absolute Gasteiger partial charge is 0.338 e. The highest BCUT2D eigenvalue weighted by Gasteiger charge is 2.28. The number of para-hydroxylation sites is 1. The molecule has 1 aliphatic rings. The third-order valence-corrected chi connectivity index (χ3v) is 5.83. The Morgan fingerprint density at radius 1 is 0.806 bits per heavy atom. The number of Topliss-reactive ketones (excluding diaryl/α,β-unsaturated/α-hetero) is 1. The van der Waals surface area contributed by atoms with Crippen molar-refractivity contribution < 1.29 is 38.0 Å². The van der Waals surface area contributed by atoms with E-state index in [0.717, 1.165) is 0 Å². The van der Waals surface area contributed by atoms with Gasteiger partial charge < -0.3 is 28.4 Å². The highest BCUT2D eigenvalue weighted by atomic mass is 16.7. The number of rotatable bonds is 9. The van der Waals surface area contributed by atoms with Crippen LogP contribution >= 0.6 is 0 Å². The van der Waals surface area contributed by atoms with Gasteiger partial charge in [-0.25, -0.2) is 4.79 Å². The molecule has 0 saturated carbocycles. The summed E-state index contributed by atoms with van der Waals surface area (Å²) in [6.45, 7) is 0.0781. The molecule has 4 rings (SSSR count). The standard InChI is InChI=1S/C28H26O8/c1-31-20-11-8-17(9-12-20)26(29)21(14-19-6-5-7-23(32-2)27(19)33-3)25(28(30)34-4)18-10-13-22-24(15-18)36-16-35-22/h5-13,15H,14,16H2,1-4H3/b25-21-. The van der Waals surface area contributed by atoms with Crippen molar-refractivity contribution in [3.63, 3.8) is 0 Å². The molecule has 3 aromatic rings. The highest BCUT2D eigenvalue weighted by molar-refractivity contribution is 6.27. The molecule has 0 aromatic heterocycles. The number of fused-ring (bicyclic) bond motifs is 1. The summed E-state index contributed by atoms with van der Waals surface area (Å²) in [5, 5.41) is 0. The minimum atomic E-state index is -0.660. The van der Waals surface area contributed by atoms with Crippen molar-refractivity contribution in [1.29, 1.82) is 0 Å². The second kappa shape index (κ2) is 10.9. The summed E-state index contributed by atoms with van der Waals surface area (Å²) in [6, 6.07) is 17.1. The number of carbonyl (C=O) groups is 2. The van der Waals surface area contributed by atoms with Crippen LogP contribution in [0.15, 0.2) is 66.2 Å². The molecule has 0 amide bonds. The minimum absolute atomic E-state index is 0.0735. The largest absolute Gasteiger partial charge is 0.497 e. The monoisotopic (exact) mass is 490 g/mol. The Morgan fingerprint density at radius 3 is 2.19 bits per heavy atom. The fraction of sp³-hybridized carbons (Fsp3) is 0.214. The Bertz CT molecular complexity index is 1310. The van der Waals surface area contributed by atoms with Gasteiger partial charge in [0.25, 0.3) is 0 Å². The summed E-state index contributed by atoms with van der Waals surface area (Å²) in [4.78, 5) is 27.1. The van der Waals surface area contributed by atoms with Crippen LogP contribution in [-0.2, 0) is 16.0 Å². The lowest BCUT2D eigenvalue weighted by Gasteiger charge is -2.17. The zero-order valence-electron chi connectivity index (χ0n) is 20.5. The van der Waals surface area contributed by atoms with Gasteiger partial charge >= 0.3 is 5.97 Å². The first kappa shape index (κ1) is 24.7. The van der Waals surface area contributed by atoms with E-state index in [0.29, 0.717) is 45.4 Å². The maximum Gasteiger partial charge on any atom is 0.338 e. The van der Waals surface area contributed by atoms with Crippen LogP contribution in [-0.4, -0.2) is 47.0 Å². The van der Waals surface area contributed by atoms with E-state index in [9.17, 15) is 9.59 Å². The summed E-state index contributed by atoms with van der Waals surface area (Å²) in [5.41, 5.74) is 1.84. The summed E-state index contributed by atoms with van der Waals surface area (Å²) >= 11 is 0.